The van der Waals surface area contributed by atoms with Crippen molar-refractivity contribution in [2.45, 2.75) is 211 Å². The van der Waals surface area contributed by atoms with Gasteiger partial charge in [0.2, 0.25) is 0 Å². The van der Waals surface area contributed by atoms with Crippen LogP contribution in [0.4, 0.5) is 8.78 Å². The average molecular weight is 697 g/mol. The number of unbranched alkanes of at least 4 members (excludes halogenated alkanes) is 26. The van der Waals surface area contributed by atoms with E-state index >= 15 is 0 Å². The molecule has 1 aliphatic carbocycles. The average Bonchev–Trinajstić information content (AvgIpc) is 3.53. The van der Waals surface area contributed by atoms with Gasteiger partial charge in [0.1, 0.15) is 0 Å². The fraction of sp³-hybridized carbons (Fsp3) is 0.854. The highest BCUT2D eigenvalue weighted by Crippen LogP contribution is 2.21. The van der Waals surface area contributed by atoms with Crippen LogP contribution in [0.2, 0.25) is 0 Å². The summed E-state index contributed by atoms with van der Waals surface area (Å²) in [5.74, 6) is -3.05. The Morgan fingerprint density at radius 3 is 0.959 bits per heavy atom. The van der Waals surface area contributed by atoms with Gasteiger partial charge in [0, 0.05) is 25.3 Å². The summed E-state index contributed by atoms with van der Waals surface area (Å²) in [7, 11) is 0. The number of carbonyl (C=O) groups is 2. The normalized spacial score (nSPS) is 16.7. The number of aliphatic hydroxyl groups is 2. The van der Waals surface area contributed by atoms with E-state index in [9.17, 15) is 18.4 Å². The zero-order chi connectivity index (χ0) is 35.6. The third-order valence-corrected chi connectivity index (χ3v) is 9.95. The molecule has 0 aromatic rings. The summed E-state index contributed by atoms with van der Waals surface area (Å²) >= 11 is 0. The summed E-state index contributed by atoms with van der Waals surface area (Å²) in [4.78, 5) is 24.9. The molecule has 0 heterocycles. The van der Waals surface area contributed by atoms with Gasteiger partial charge in [0.25, 0.3) is 11.8 Å². The zero-order valence-corrected chi connectivity index (χ0v) is 31.1. The molecule has 2 atom stereocenters. The van der Waals surface area contributed by atoms with Crippen molar-refractivity contribution in [1.82, 2.24) is 10.6 Å². The molecule has 2 unspecified atom stereocenters. The van der Waals surface area contributed by atoms with Crippen LogP contribution in [0.5, 0.6) is 0 Å². The fourth-order valence-electron chi connectivity index (χ4n) is 6.82. The first kappa shape index (κ1) is 45.2. The van der Waals surface area contributed by atoms with Crippen molar-refractivity contribution in [3.63, 3.8) is 0 Å². The Morgan fingerprint density at radius 1 is 0.449 bits per heavy atom. The predicted octanol–water partition coefficient (Wildman–Crippen LogP) is 10.8. The van der Waals surface area contributed by atoms with Crippen LogP contribution in [0.25, 0.3) is 0 Å². The number of carbonyl (C=O) groups excluding carboxylic acids is 2. The van der Waals surface area contributed by atoms with Gasteiger partial charge in [-0.05, 0) is 69.9 Å². The van der Waals surface area contributed by atoms with E-state index in [0.29, 0.717) is 38.9 Å². The van der Waals surface area contributed by atoms with Gasteiger partial charge in [-0.1, -0.05) is 141 Å². The molecular formula is C41H74F2N2O4. The SMILES string of the molecule is O=C(NC1CCCC1NC(=O)C(F)=CCCCCCCCCCCCCCCCO)C(F)=CCCCCCCCCCCCCCCCO. The van der Waals surface area contributed by atoms with E-state index in [4.69, 9.17) is 10.2 Å². The van der Waals surface area contributed by atoms with E-state index < -0.39 is 35.6 Å². The number of hydrogen-bond donors (Lipinski definition) is 4. The summed E-state index contributed by atoms with van der Waals surface area (Å²) < 4.78 is 29.0. The zero-order valence-electron chi connectivity index (χ0n) is 31.1. The second-order valence-corrected chi connectivity index (χ2v) is 14.4. The molecule has 1 saturated carbocycles. The molecular weight excluding hydrogens is 622 g/mol. The lowest BCUT2D eigenvalue weighted by Gasteiger charge is -2.21. The number of amides is 2. The molecule has 0 aromatic carbocycles. The van der Waals surface area contributed by atoms with Crippen molar-refractivity contribution in [2.24, 2.45) is 0 Å². The summed E-state index contributed by atoms with van der Waals surface area (Å²) in [5.41, 5.74) is 0. The van der Waals surface area contributed by atoms with Gasteiger partial charge >= 0.3 is 0 Å². The third kappa shape index (κ3) is 26.6. The summed E-state index contributed by atoms with van der Waals surface area (Å²) in [6.45, 7) is 0.617. The number of allylic oxidation sites excluding steroid dienone is 2. The fourth-order valence-corrected chi connectivity index (χ4v) is 6.82. The van der Waals surface area contributed by atoms with Crippen LogP contribution in [-0.4, -0.2) is 47.3 Å². The van der Waals surface area contributed by atoms with Gasteiger partial charge in [-0.15, -0.1) is 0 Å². The molecule has 0 aromatic heterocycles. The molecule has 1 fully saturated rings. The maximum Gasteiger partial charge on any atom is 0.279 e. The molecule has 1 rings (SSSR count). The molecule has 6 nitrogen and oxygen atoms in total. The second-order valence-electron chi connectivity index (χ2n) is 14.4. The Kier molecular flexibility index (Phi) is 30.8. The van der Waals surface area contributed by atoms with Gasteiger partial charge in [-0.3, -0.25) is 9.59 Å². The van der Waals surface area contributed by atoms with E-state index in [0.717, 1.165) is 70.6 Å². The number of rotatable bonds is 34. The monoisotopic (exact) mass is 697 g/mol. The summed E-state index contributed by atoms with van der Waals surface area (Å²) in [5, 5.41) is 23.0. The minimum absolute atomic E-state index is 0.309. The second kappa shape index (κ2) is 33.3. The van der Waals surface area contributed by atoms with Crippen molar-refractivity contribution < 1.29 is 28.6 Å². The Hall–Kier alpha value is -1.80. The minimum Gasteiger partial charge on any atom is -0.396 e. The van der Waals surface area contributed by atoms with Crippen molar-refractivity contribution in [3.05, 3.63) is 23.8 Å². The molecule has 8 heteroatoms. The molecule has 0 aliphatic heterocycles. The van der Waals surface area contributed by atoms with E-state index in [1.165, 1.54) is 115 Å². The number of hydrogen-bond acceptors (Lipinski definition) is 4. The summed E-state index contributed by atoms with van der Waals surface area (Å²) in [6, 6.07) is -0.793. The van der Waals surface area contributed by atoms with Crippen LogP contribution in [0.3, 0.4) is 0 Å². The predicted molar refractivity (Wildman–Crippen MR) is 200 cm³/mol. The molecule has 49 heavy (non-hydrogen) atoms. The molecule has 286 valence electrons. The van der Waals surface area contributed by atoms with E-state index in [-0.39, 0.29) is 0 Å². The van der Waals surface area contributed by atoms with Crippen LogP contribution in [-0.2, 0) is 9.59 Å². The Labute approximate surface area is 298 Å². The first-order valence-electron chi connectivity index (χ1n) is 20.5. The van der Waals surface area contributed by atoms with Crippen molar-refractivity contribution in [2.75, 3.05) is 13.2 Å². The van der Waals surface area contributed by atoms with E-state index in [1.54, 1.807) is 0 Å². The van der Waals surface area contributed by atoms with E-state index in [2.05, 4.69) is 10.6 Å². The van der Waals surface area contributed by atoms with Gasteiger partial charge < -0.3 is 20.8 Å². The number of aliphatic hydroxyl groups excluding tert-OH is 2. The molecule has 1 aliphatic rings. The molecule has 0 bridgehead atoms. The smallest absolute Gasteiger partial charge is 0.279 e. The molecule has 0 spiro atoms. The lowest BCUT2D eigenvalue weighted by Crippen LogP contribution is -2.48. The highest BCUT2D eigenvalue weighted by molar-refractivity contribution is 5.92. The number of nitrogens with one attached hydrogen (secondary N) is 2. The van der Waals surface area contributed by atoms with Crippen molar-refractivity contribution in [3.8, 4) is 0 Å². The van der Waals surface area contributed by atoms with Crippen molar-refractivity contribution in [1.29, 1.82) is 0 Å². The maximum absolute atomic E-state index is 14.5. The maximum atomic E-state index is 14.5. The third-order valence-electron chi connectivity index (χ3n) is 9.95. The van der Waals surface area contributed by atoms with Gasteiger partial charge in [0.05, 0.1) is 0 Å². The van der Waals surface area contributed by atoms with Gasteiger partial charge in [0.15, 0.2) is 11.7 Å². The first-order chi connectivity index (χ1) is 24.0. The van der Waals surface area contributed by atoms with Crippen LogP contribution < -0.4 is 10.6 Å². The van der Waals surface area contributed by atoms with Gasteiger partial charge in [-0.2, -0.15) is 0 Å². The summed E-state index contributed by atoms with van der Waals surface area (Å²) in [6.07, 6.45) is 36.2. The topological polar surface area (TPSA) is 98.7 Å². The van der Waals surface area contributed by atoms with Crippen molar-refractivity contribution >= 4 is 11.8 Å². The highest BCUT2D eigenvalue weighted by atomic mass is 19.1. The first-order valence-corrected chi connectivity index (χ1v) is 20.5. The Morgan fingerprint density at radius 2 is 0.694 bits per heavy atom. The van der Waals surface area contributed by atoms with Crippen LogP contribution in [0, 0.1) is 0 Å². The molecule has 2 amide bonds. The lowest BCUT2D eigenvalue weighted by atomic mass is 10.0. The standard InChI is InChI=1S/C41H74F2N2O4/c42-36(30-25-21-17-13-9-5-1-3-7-11-15-19-23-27-34-46)40(48)44-38-32-29-33-39(38)45-41(49)37(43)31-26-22-18-14-10-6-2-4-8-12-16-20-24-28-35-47/h30-31,38-39,46-47H,1-29,32-35H2,(H,44,48)(H,45,49). The Bertz CT molecular complexity index is 798. The van der Waals surface area contributed by atoms with E-state index in [1.807, 2.05) is 0 Å². The van der Waals surface area contributed by atoms with Crippen LogP contribution in [0.15, 0.2) is 23.8 Å². The van der Waals surface area contributed by atoms with Gasteiger partial charge in [-0.25, -0.2) is 8.78 Å². The molecule has 0 saturated heterocycles. The van der Waals surface area contributed by atoms with Crippen LogP contribution >= 0.6 is 0 Å². The molecule has 4 N–H and O–H groups in total. The minimum atomic E-state index is -0.777. The quantitative estimate of drug-likeness (QED) is 0.0397. The molecule has 0 radical (unpaired) electrons. The Balaban J connectivity index is 2.09. The highest BCUT2D eigenvalue weighted by Gasteiger charge is 2.31. The lowest BCUT2D eigenvalue weighted by molar-refractivity contribution is -0.122. The largest absolute Gasteiger partial charge is 0.396 e. The number of halogens is 2. The van der Waals surface area contributed by atoms with Crippen LogP contribution in [0.1, 0.15) is 199 Å².